The highest BCUT2D eigenvalue weighted by molar-refractivity contribution is 5.34. The SMILES string of the molecule is c1nc(N2CCCCC2)co1. The molecule has 60 valence electrons. The van der Waals surface area contributed by atoms with Crippen LogP contribution in [0.5, 0.6) is 0 Å². The van der Waals surface area contributed by atoms with Gasteiger partial charge in [-0.3, -0.25) is 0 Å². The standard InChI is InChI=1S/C8H12N2O/c1-2-4-10(5-3-1)8-6-11-7-9-8/h6-7H,1-5H2. The van der Waals surface area contributed by atoms with Crippen molar-refractivity contribution in [3.8, 4) is 0 Å². The Hall–Kier alpha value is -0.990. The van der Waals surface area contributed by atoms with Gasteiger partial charge in [0.15, 0.2) is 12.2 Å². The van der Waals surface area contributed by atoms with Crippen molar-refractivity contribution in [3.63, 3.8) is 0 Å². The van der Waals surface area contributed by atoms with Gasteiger partial charge in [0, 0.05) is 13.1 Å². The number of hydrogen-bond acceptors (Lipinski definition) is 3. The van der Waals surface area contributed by atoms with E-state index in [1.807, 2.05) is 0 Å². The Labute approximate surface area is 66.0 Å². The maximum absolute atomic E-state index is 4.91. The van der Waals surface area contributed by atoms with Gasteiger partial charge in [-0.15, -0.1) is 0 Å². The van der Waals surface area contributed by atoms with Crippen LogP contribution in [0.3, 0.4) is 0 Å². The second kappa shape index (κ2) is 2.95. The molecule has 1 aliphatic heterocycles. The Morgan fingerprint density at radius 2 is 2.09 bits per heavy atom. The average molecular weight is 152 g/mol. The summed E-state index contributed by atoms with van der Waals surface area (Å²) in [5, 5.41) is 0. The van der Waals surface area contributed by atoms with Crippen molar-refractivity contribution in [1.29, 1.82) is 0 Å². The summed E-state index contributed by atoms with van der Waals surface area (Å²) in [4.78, 5) is 6.37. The van der Waals surface area contributed by atoms with E-state index in [1.165, 1.54) is 25.7 Å². The summed E-state index contributed by atoms with van der Waals surface area (Å²) in [5.41, 5.74) is 0. The predicted molar refractivity (Wildman–Crippen MR) is 42.6 cm³/mol. The van der Waals surface area contributed by atoms with E-state index >= 15 is 0 Å². The molecule has 1 aromatic heterocycles. The Bertz CT molecular complexity index is 202. The van der Waals surface area contributed by atoms with Gasteiger partial charge in [0.2, 0.25) is 0 Å². The Balaban J connectivity index is 2.04. The Kier molecular flexibility index (Phi) is 1.79. The monoisotopic (exact) mass is 152 g/mol. The molecule has 1 fully saturated rings. The molecule has 1 aromatic rings. The first-order valence-corrected chi connectivity index (χ1v) is 4.10. The average Bonchev–Trinajstić information content (AvgIpc) is 2.58. The van der Waals surface area contributed by atoms with Crippen LogP contribution in [0.1, 0.15) is 19.3 Å². The molecule has 2 heterocycles. The van der Waals surface area contributed by atoms with Crippen molar-refractivity contribution in [2.45, 2.75) is 19.3 Å². The molecular weight excluding hydrogens is 140 g/mol. The maximum Gasteiger partial charge on any atom is 0.182 e. The largest absolute Gasteiger partial charge is 0.449 e. The molecule has 0 aliphatic carbocycles. The molecular formula is C8H12N2O. The number of anilines is 1. The van der Waals surface area contributed by atoms with Crippen LogP contribution in [0.25, 0.3) is 0 Å². The number of hydrogen-bond donors (Lipinski definition) is 0. The van der Waals surface area contributed by atoms with E-state index in [0.29, 0.717) is 0 Å². The molecule has 3 nitrogen and oxygen atoms in total. The molecule has 0 N–H and O–H groups in total. The van der Waals surface area contributed by atoms with Gasteiger partial charge in [-0.25, -0.2) is 0 Å². The second-order valence-corrected chi connectivity index (χ2v) is 2.89. The maximum atomic E-state index is 4.91. The molecule has 2 rings (SSSR count). The fourth-order valence-electron chi connectivity index (χ4n) is 1.49. The normalized spacial score (nSPS) is 18.7. The molecule has 0 unspecified atom stereocenters. The van der Waals surface area contributed by atoms with E-state index in [0.717, 1.165) is 18.9 Å². The highest BCUT2D eigenvalue weighted by Crippen LogP contribution is 2.16. The Morgan fingerprint density at radius 3 is 2.73 bits per heavy atom. The van der Waals surface area contributed by atoms with Gasteiger partial charge in [-0.2, -0.15) is 4.98 Å². The lowest BCUT2D eigenvalue weighted by atomic mass is 10.1. The number of piperidine rings is 1. The number of rotatable bonds is 1. The van der Waals surface area contributed by atoms with Crippen LogP contribution in [-0.2, 0) is 0 Å². The van der Waals surface area contributed by atoms with Crippen LogP contribution in [0.15, 0.2) is 17.1 Å². The van der Waals surface area contributed by atoms with Crippen LogP contribution in [-0.4, -0.2) is 18.1 Å². The van der Waals surface area contributed by atoms with Crippen molar-refractivity contribution in [2.75, 3.05) is 18.0 Å². The van der Waals surface area contributed by atoms with Gasteiger partial charge in [0.1, 0.15) is 6.26 Å². The third-order valence-corrected chi connectivity index (χ3v) is 2.10. The number of aromatic nitrogens is 1. The summed E-state index contributed by atoms with van der Waals surface area (Å²) in [6, 6.07) is 0. The van der Waals surface area contributed by atoms with Crippen LogP contribution in [0.2, 0.25) is 0 Å². The van der Waals surface area contributed by atoms with Crippen LogP contribution in [0, 0.1) is 0 Å². The van der Waals surface area contributed by atoms with E-state index in [2.05, 4.69) is 9.88 Å². The quantitative estimate of drug-likeness (QED) is 0.613. The molecule has 0 spiro atoms. The lowest BCUT2D eigenvalue weighted by molar-refractivity contribution is 0.551. The summed E-state index contributed by atoms with van der Waals surface area (Å²) in [6.45, 7) is 2.26. The Morgan fingerprint density at radius 1 is 1.27 bits per heavy atom. The molecule has 0 atom stereocenters. The molecule has 3 heteroatoms. The van der Waals surface area contributed by atoms with Crippen molar-refractivity contribution in [1.82, 2.24) is 4.98 Å². The van der Waals surface area contributed by atoms with Crippen LogP contribution >= 0.6 is 0 Å². The van der Waals surface area contributed by atoms with Gasteiger partial charge >= 0.3 is 0 Å². The molecule has 1 saturated heterocycles. The minimum absolute atomic E-state index is 0.990. The molecule has 11 heavy (non-hydrogen) atoms. The summed E-state index contributed by atoms with van der Waals surface area (Å²) in [6.07, 6.45) is 7.13. The van der Waals surface area contributed by atoms with Gasteiger partial charge < -0.3 is 9.32 Å². The summed E-state index contributed by atoms with van der Waals surface area (Å²) >= 11 is 0. The highest BCUT2D eigenvalue weighted by Gasteiger charge is 2.11. The summed E-state index contributed by atoms with van der Waals surface area (Å²) in [7, 11) is 0. The van der Waals surface area contributed by atoms with E-state index in [9.17, 15) is 0 Å². The predicted octanol–water partition coefficient (Wildman–Crippen LogP) is 1.66. The third kappa shape index (κ3) is 1.37. The van der Waals surface area contributed by atoms with Crippen molar-refractivity contribution < 1.29 is 4.42 Å². The molecule has 1 aliphatic rings. The number of nitrogens with zero attached hydrogens (tertiary/aromatic N) is 2. The molecule has 0 saturated carbocycles. The fourth-order valence-corrected chi connectivity index (χ4v) is 1.49. The molecule has 0 radical (unpaired) electrons. The molecule has 0 aromatic carbocycles. The topological polar surface area (TPSA) is 29.3 Å². The van der Waals surface area contributed by atoms with Gasteiger partial charge in [0.25, 0.3) is 0 Å². The first-order valence-electron chi connectivity index (χ1n) is 4.10. The number of oxazole rings is 1. The summed E-state index contributed by atoms with van der Waals surface area (Å²) in [5.74, 6) is 0.990. The fraction of sp³-hybridized carbons (Fsp3) is 0.625. The zero-order chi connectivity index (χ0) is 7.52. The smallest absolute Gasteiger partial charge is 0.182 e. The first-order chi connectivity index (χ1) is 5.47. The lowest BCUT2D eigenvalue weighted by Crippen LogP contribution is -2.29. The summed E-state index contributed by atoms with van der Waals surface area (Å²) < 4.78 is 4.91. The van der Waals surface area contributed by atoms with Gasteiger partial charge in [0.05, 0.1) is 0 Å². The highest BCUT2D eigenvalue weighted by atomic mass is 16.3. The zero-order valence-corrected chi connectivity index (χ0v) is 6.49. The van der Waals surface area contributed by atoms with Crippen molar-refractivity contribution >= 4 is 5.82 Å². The zero-order valence-electron chi connectivity index (χ0n) is 6.49. The van der Waals surface area contributed by atoms with Crippen LogP contribution in [0.4, 0.5) is 5.82 Å². The first kappa shape index (κ1) is 6.70. The van der Waals surface area contributed by atoms with E-state index in [-0.39, 0.29) is 0 Å². The van der Waals surface area contributed by atoms with Gasteiger partial charge in [-0.1, -0.05) is 0 Å². The minimum atomic E-state index is 0.990. The van der Waals surface area contributed by atoms with Gasteiger partial charge in [-0.05, 0) is 19.3 Å². The van der Waals surface area contributed by atoms with E-state index < -0.39 is 0 Å². The van der Waals surface area contributed by atoms with Crippen LogP contribution < -0.4 is 4.90 Å². The van der Waals surface area contributed by atoms with Crippen molar-refractivity contribution in [2.24, 2.45) is 0 Å². The van der Waals surface area contributed by atoms with E-state index in [1.54, 1.807) is 6.26 Å². The minimum Gasteiger partial charge on any atom is -0.449 e. The third-order valence-electron chi connectivity index (χ3n) is 2.10. The van der Waals surface area contributed by atoms with Crippen molar-refractivity contribution in [3.05, 3.63) is 12.7 Å². The molecule has 0 bridgehead atoms. The second-order valence-electron chi connectivity index (χ2n) is 2.89. The molecule has 0 amide bonds. The lowest BCUT2D eigenvalue weighted by Gasteiger charge is -2.25. The van der Waals surface area contributed by atoms with E-state index in [4.69, 9.17) is 4.42 Å².